The first-order chi connectivity index (χ1) is 18.6. The molecule has 200 valence electrons. The lowest BCUT2D eigenvalue weighted by Gasteiger charge is -2.50. The van der Waals surface area contributed by atoms with Gasteiger partial charge < -0.3 is 9.80 Å². The Morgan fingerprint density at radius 1 is 0.895 bits per heavy atom. The molecule has 38 heavy (non-hydrogen) atoms. The van der Waals surface area contributed by atoms with Crippen molar-refractivity contribution < 1.29 is 9.59 Å². The van der Waals surface area contributed by atoms with Gasteiger partial charge >= 0.3 is 0 Å². The van der Waals surface area contributed by atoms with Crippen LogP contribution in [0.1, 0.15) is 55.0 Å². The van der Waals surface area contributed by atoms with Crippen molar-refractivity contribution in [2.45, 2.75) is 70.5 Å². The third kappa shape index (κ3) is 5.01. The van der Waals surface area contributed by atoms with E-state index in [-0.39, 0.29) is 23.9 Å². The quantitative estimate of drug-likeness (QED) is 0.405. The highest BCUT2D eigenvalue weighted by atomic mass is 32.1. The minimum Gasteiger partial charge on any atom is -0.328 e. The molecule has 0 N–H and O–H groups in total. The van der Waals surface area contributed by atoms with Gasteiger partial charge in [0.25, 0.3) is 0 Å². The molecule has 1 aromatic heterocycles. The Bertz CT molecular complexity index is 1280. The van der Waals surface area contributed by atoms with Gasteiger partial charge in [-0.2, -0.15) is 0 Å². The highest BCUT2D eigenvalue weighted by Crippen LogP contribution is 2.34. The number of hydrogen-bond acceptors (Lipinski definition) is 4. The molecule has 5 nitrogen and oxygen atoms in total. The van der Waals surface area contributed by atoms with Crippen LogP contribution in [0.15, 0.2) is 54.6 Å². The number of piperazine rings is 2. The van der Waals surface area contributed by atoms with E-state index in [4.69, 9.17) is 0 Å². The predicted octanol–water partition coefficient (Wildman–Crippen LogP) is 5.51. The molecular weight excluding hydrogens is 490 g/mol. The van der Waals surface area contributed by atoms with Crippen LogP contribution < -0.4 is 0 Å². The molecule has 2 saturated heterocycles. The van der Waals surface area contributed by atoms with Crippen molar-refractivity contribution in [2.24, 2.45) is 5.92 Å². The second-order valence-electron chi connectivity index (χ2n) is 11.3. The first-order valence-electron chi connectivity index (χ1n) is 14.5. The molecule has 0 bridgehead atoms. The summed E-state index contributed by atoms with van der Waals surface area (Å²) in [6.45, 7) is 5.85. The van der Waals surface area contributed by atoms with Crippen molar-refractivity contribution in [2.75, 3.05) is 26.2 Å². The van der Waals surface area contributed by atoms with Gasteiger partial charge in [-0.1, -0.05) is 74.7 Å². The molecule has 6 rings (SSSR count). The number of thiophene rings is 1. The Kier molecular flexibility index (Phi) is 7.53. The van der Waals surface area contributed by atoms with Crippen LogP contribution in [-0.4, -0.2) is 64.8 Å². The number of carbonyl (C=O) groups is 2. The number of hydrogen-bond donors (Lipinski definition) is 0. The van der Waals surface area contributed by atoms with E-state index in [0.29, 0.717) is 25.4 Å². The Balaban J connectivity index is 1.24. The second kappa shape index (κ2) is 11.2. The highest BCUT2D eigenvalue weighted by molar-refractivity contribution is 7.19. The van der Waals surface area contributed by atoms with Crippen LogP contribution >= 0.6 is 11.3 Å². The fraction of sp³-hybridized carbons (Fsp3) is 0.500. The zero-order chi connectivity index (χ0) is 26.1. The van der Waals surface area contributed by atoms with Crippen molar-refractivity contribution in [3.05, 3.63) is 70.6 Å². The zero-order valence-electron chi connectivity index (χ0n) is 22.5. The van der Waals surface area contributed by atoms with Crippen molar-refractivity contribution >= 4 is 33.2 Å². The van der Waals surface area contributed by atoms with Gasteiger partial charge in [0.1, 0.15) is 12.1 Å². The molecule has 1 saturated carbocycles. The molecule has 3 aliphatic rings. The Labute approximate surface area is 230 Å². The van der Waals surface area contributed by atoms with Gasteiger partial charge in [-0.25, -0.2) is 0 Å². The summed E-state index contributed by atoms with van der Waals surface area (Å²) in [5, 5.41) is 1.34. The molecular formula is C32H39N3O2S. The molecule has 2 atom stereocenters. The number of aryl methyl sites for hydroxylation is 1. The van der Waals surface area contributed by atoms with Crippen LogP contribution in [-0.2, 0) is 29.0 Å². The Morgan fingerprint density at radius 2 is 1.66 bits per heavy atom. The molecule has 6 heteroatoms. The second-order valence-corrected chi connectivity index (χ2v) is 12.5. The van der Waals surface area contributed by atoms with Crippen LogP contribution in [0.5, 0.6) is 0 Å². The molecule has 2 aromatic carbocycles. The van der Waals surface area contributed by atoms with Gasteiger partial charge in [-0.15, -0.1) is 11.3 Å². The number of amides is 2. The lowest BCUT2D eigenvalue weighted by atomic mass is 9.87. The number of carbonyl (C=O) groups excluding carboxylic acids is 2. The topological polar surface area (TPSA) is 43.9 Å². The van der Waals surface area contributed by atoms with E-state index in [0.717, 1.165) is 31.6 Å². The van der Waals surface area contributed by atoms with Crippen LogP contribution in [0.3, 0.4) is 0 Å². The van der Waals surface area contributed by atoms with Crippen LogP contribution in [0, 0.1) is 5.92 Å². The molecule has 3 heterocycles. The maximum absolute atomic E-state index is 14.2. The molecule has 1 aliphatic carbocycles. The van der Waals surface area contributed by atoms with E-state index in [1.807, 2.05) is 39.3 Å². The minimum absolute atomic E-state index is 0.143. The average Bonchev–Trinajstić information content (AvgIpc) is 3.32. The Hall–Kier alpha value is -2.70. The van der Waals surface area contributed by atoms with E-state index in [1.165, 1.54) is 52.6 Å². The lowest BCUT2D eigenvalue weighted by Crippen LogP contribution is -2.70. The highest BCUT2D eigenvalue weighted by Gasteiger charge is 2.48. The summed E-state index contributed by atoms with van der Waals surface area (Å²) in [6, 6.07) is 18.1. The standard InChI is InChI=1S/C32H39N3O2S/c1-2-29-26(25-15-9-10-16-30(25)38-29)21-33-17-18-34-28(22-33)32(37)35(20-24-13-7-4-8-14-24)27(31(34)36)19-23-11-5-3-6-12-23/h3,5-6,9-12,15-16,24,27-28H,2,4,7-8,13-14,17-22H2,1H3. The summed E-state index contributed by atoms with van der Waals surface area (Å²) in [5.41, 5.74) is 2.53. The molecule has 0 spiro atoms. The number of benzene rings is 2. The van der Waals surface area contributed by atoms with Gasteiger partial charge in [0.15, 0.2) is 0 Å². The molecule has 3 aromatic rings. The van der Waals surface area contributed by atoms with Crippen molar-refractivity contribution in [3.63, 3.8) is 0 Å². The van der Waals surface area contributed by atoms with E-state index < -0.39 is 0 Å². The summed E-state index contributed by atoms with van der Waals surface area (Å²) in [7, 11) is 0. The van der Waals surface area contributed by atoms with Crippen LogP contribution in [0.4, 0.5) is 0 Å². The zero-order valence-corrected chi connectivity index (χ0v) is 23.3. The maximum Gasteiger partial charge on any atom is 0.247 e. The first kappa shape index (κ1) is 25.6. The van der Waals surface area contributed by atoms with Gasteiger partial charge in [-0.05, 0) is 47.8 Å². The van der Waals surface area contributed by atoms with Gasteiger partial charge in [0.2, 0.25) is 11.8 Å². The van der Waals surface area contributed by atoms with Gasteiger partial charge in [-0.3, -0.25) is 14.5 Å². The first-order valence-corrected chi connectivity index (χ1v) is 15.3. The van der Waals surface area contributed by atoms with E-state index in [1.54, 1.807) is 0 Å². The summed E-state index contributed by atoms with van der Waals surface area (Å²) < 4.78 is 1.34. The Morgan fingerprint density at radius 3 is 2.45 bits per heavy atom. The number of fused-ring (bicyclic) bond motifs is 2. The van der Waals surface area contributed by atoms with E-state index in [2.05, 4.69) is 48.2 Å². The van der Waals surface area contributed by atoms with E-state index >= 15 is 0 Å². The maximum atomic E-state index is 14.2. The normalized spacial score (nSPS) is 23.3. The lowest BCUT2D eigenvalue weighted by molar-refractivity contribution is -0.166. The molecule has 3 fully saturated rings. The van der Waals surface area contributed by atoms with Gasteiger partial charge in [0, 0.05) is 48.7 Å². The minimum atomic E-state index is -0.387. The van der Waals surface area contributed by atoms with Crippen LogP contribution in [0.25, 0.3) is 10.1 Å². The largest absolute Gasteiger partial charge is 0.328 e. The van der Waals surface area contributed by atoms with Crippen molar-refractivity contribution in [1.82, 2.24) is 14.7 Å². The van der Waals surface area contributed by atoms with Gasteiger partial charge in [0.05, 0.1) is 0 Å². The van der Waals surface area contributed by atoms with Crippen molar-refractivity contribution in [1.29, 1.82) is 0 Å². The average molecular weight is 530 g/mol. The third-order valence-electron chi connectivity index (χ3n) is 8.91. The van der Waals surface area contributed by atoms with Crippen molar-refractivity contribution in [3.8, 4) is 0 Å². The summed E-state index contributed by atoms with van der Waals surface area (Å²) in [4.78, 5) is 35.9. The number of nitrogens with zero attached hydrogens (tertiary/aromatic N) is 3. The van der Waals surface area contributed by atoms with Crippen LogP contribution in [0.2, 0.25) is 0 Å². The summed E-state index contributed by atoms with van der Waals surface area (Å²) in [6.07, 6.45) is 7.73. The fourth-order valence-electron chi connectivity index (χ4n) is 6.86. The summed E-state index contributed by atoms with van der Waals surface area (Å²) in [5.74, 6) is 0.810. The smallest absolute Gasteiger partial charge is 0.247 e. The SMILES string of the molecule is CCc1sc2ccccc2c1CN1CCN2C(=O)C(Cc3ccccc3)N(CC3CCCCC3)C(=O)C2C1. The molecule has 2 amide bonds. The predicted molar refractivity (Wildman–Crippen MR) is 154 cm³/mol. The molecule has 0 radical (unpaired) electrons. The fourth-order valence-corrected chi connectivity index (χ4v) is 8.02. The number of rotatable bonds is 7. The third-order valence-corrected chi connectivity index (χ3v) is 10.3. The monoisotopic (exact) mass is 529 g/mol. The van der Waals surface area contributed by atoms with E-state index in [9.17, 15) is 9.59 Å². The molecule has 2 unspecified atom stereocenters. The molecule has 2 aliphatic heterocycles. The summed E-state index contributed by atoms with van der Waals surface area (Å²) >= 11 is 1.89.